The minimum atomic E-state index is -3.68. The number of nitrogens with two attached hydrogens (primary N) is 1. The molecule has 27 heavy (non-hydrogen) atoms. The summed E-state index contributed by atoms with van der Waals surface area (Å²) in [5, 5.41) is 2.73. The maximum atomic E-state index is 13.0. The number of benzene rings is 1. The molecule has 1 unspecified atom stereocenters. The number of halogens is 1. The highest BCUT2D eigenvalue weighted by Crippen LogP contribution is 2.31. The maximum Gasteiger partial charge on any atom is 0.246 e. The van der Waals surface area contributed by atoms with E-state index in [0.29, 0.717) is 25.2 Å². The molecule has 1 heterocycles. The fourth-order valence-corrected chi connectivity index (χ4v) is 4.81. The van der Waals surface area contributed by atoms with Crippen LogP contribution in [0.15, 0.2) is 23.1 Å². The van der Waals surface area contributed by atoms with Gasteiger partial charge in [-0.05, 0) is 44.4 Å². The van der Waals surface area contributed by atoms with Crippen LogP contribution in [0.1, 0.15) is 46.0 Å². The summed E-state index contributed by atoms with van der Waals surface area (Å²) in [6, 6.07) is 4.62. The van der Waals surface area contributed by atoms with Gasteiger partial charge in [-0.25, -0.2) is 8.42 Å². The zero-order valence-electron chi connectivity index (χ0n) is 16.2. The Kier molecular flexibility index (Phi) is 8.53. The van der Waals surface area contributed by atoms with E-state index < -0.39 is 15.6 Å². The van der Waals surface area contributed by atoms with Crippen molar-refractivity contribution < 1.29 is 17.9 Å². The normalized spacial score (nSPS) is 17.5. The van der Waals surface area contributed by atoms with Crippen molar-refractivity contribution in [3.05, 3.63) is 18.2 Å². The van der Waals surface area contributed by atoms with Gasteiger partial charge in [-0.15, -0.1) is 12.4 Å². The number of ether oxygens (including phenoxy) is 1. The average molecular weight is 420 g/mol. The third-order valence-electron chi connectivity index (χ3n) is 4.64. The van der Waals surface area contributed by atoms with Crippen LogP contribution in [0.25, 0.3) is 0 Å². The monoisotopic (exact) mass is 419 g/mol. The van der Waals surface area contributed by atoms with Crippen LogP contribution in [0.4, 0.5) is 5.69 Å². The lowest BCUT2D eigenvalue weighted by molar-refractivity contribution is -0.120. The van der Waals surface area contributed by atoms with E-state index in [4.69, 9.17) is 10.5 Å². The smallest absolute Gasteiger partial charge is 0.246 e. The Morgan fingerprint density at radius 2 is 1.93 bits per heavy atom. The standard InChI is InChI=1S/C18H29N3O4S.ClH/c1-4-10-18(2,19)17(22)20-14-8-9-15(25-3)16(13-14)26(23,24)21-11-6-5-7-12-21;/h8-9,13H,4-7,10-12,19H2,1-3H3,(H,20,22);1H. The molecule has 1 atom stereocenters. The van der Waals surface area contributed by atoms with Crippen LogP contribution in [-0.2, 0) is 14.8 Å². The van der Waals surface area contributed by atoms with Crippen molar-refractivity contribution in [3.63, 3.8) is 0 Å². The maximum absolute atomic E-state index is 13.0. The number of anilines is 1. The van der Waals surface area contributed by atoms with Crippen LogP contribution < -0.4 is 15.8 Å². The fourth-order valence-electron chi connectivity index (χ4n) is 3.11. The predicted octanol–water partition coefficient (Wildman–Crippen LogP) is 2.75. The number of nitrogens with zero attached hydrogens (tertiary/aromatic N) is 1. The second kappa shape index (κ2) is 9.73. The van der Waals surface area contributed by atoms with Crippen molar-refractivity contribution in [1.29, 1.82) is 0 Å². The van der Waals surface area contributed by atoms with E-state index in [2.05, 4.69) is 5.32 Å². The quantitative estimate of drug-likeness (QED) is 0.707. The molecule has 0 saturated carbocycles. The van der Waals surface area contributed by atoms with E-state index in [0.717, 1.165) is 25.7 Å². The third-order valence-corrected chi connectivity index (χ3v) is 6.56. The molecule has 3 N–H and O–H groups in total. The summed E-state index contributed by atoms with van der Waals surface area (Å²) < 4.78 is 32.7. The fraction of sp³-hybridized carbons (Fsp3) is 0.611. The molecule has 1 saturated heterocycles. The van der Waals surface area contributed by atoms with Crippen molar-refractivity contribution in [2.24, 2.45) is 5.73 Å². The van der Waals surface area contributed by atoms with Gasteiger partial charge in [-0.2, -0.15) is 4.31 Å². The van der Waals surface area contributed by atoms with Gasteiger partial charge in [-0.3, -0.25) is 4.79 Å². The van der Waals surface area contributed by atoms with Crippen LogP contribution in [0.3, 0.4) is 0 Å². The number of amides is 1. The zero-order chi connectivity index (χ0) is 19.4. The topological polar surface area (TPSA) is 102 Å². The second-order valence-electron chi connectivity index (χ2n) is 6.95. The Hall–Kier alpha value is -1.35. The van der Waals surface area contributed by atoms with Gasteiger partial charge in [0.1, 0.15) is 10.6 Å². The molecule has 1 aromatic rings. The summed E-state index contributed by atoms with van der Waals surface area (Å²) in [6.07, 6.45) is 4.04. The summed E-state index contributed by atoms with van der Waals surface area (Å²) in [5.41, 5.74) is 5.43. The van der Waals surface area contributed by atoms with Gasteiger partial charge >= 0.3 is 0 Å². The molecule has 1 fully saturated rings. The Morgan fingerprint density at radius 3 is 2.48 bits per heavy atom. The van der Waals surface area contributed by atoms with Crippen LogP contribution in [0.2, 0.25) is 0 Å². The van der Waals surface area contributed by atoms with Gasteiger partial charge in [0.15, 0.2) is 0 Å². The summed E-state index contributed by atoms with van der Waals surface area (Å²) in [5.74, 6) is -0.0801. The summed E-state index contributed by atoms with van der Waals surface area (Å²) in [6.45, 7) is 4.62. The zero-order valence-corrected chi connectivity index (χ0v) is 17.8. The van der Waals surface area contributed by atoms with E-state index in [-0.39, 0.29) is 29.0 Å². The number of carbonyl (C=O) groups is 1. The number of hydrogen-bond donors (Lipinski definition) is 2. The van der Waals surface area contributed by atoms with Gasteiger partial charge < -0.3 is 15.8 Å². The van der Waals surface area contributed by atoms with Gasteiger partial charge in [0.2, 0.25) is 15.9 Å². The molecule has 1 amide bonds. The molecule has 0 radical (unpaired) electrons. The number of piperidine rings is 1. The Morgan fingerprint density at radius 1 is 1.30 bits per heavy atom. The molecule has 1 aromatic carbocycles. The Balaban J connectivity index is 0.00000364. The first-order chi connectivity index (χ1) is 12.2. The third kappa shape index (κ3) is 5.57. The van der Waals surface area contributed by atoms with Gasteiger partial charge in [0, 0.05) is 18.8 Å². The lowest BCUT2D eigenvalue weighted by atomic mass is 9.96. The average Bonchev–Trinajstić information content (AvgIpc) is 2.62. The molecule has 0 aromatic heterocycles. The lowest BCUT2D eigenvalue weighted by Crippen LogP contribution is -2.48. The largest absolute Gasteiger partial charge is 0.495 e. The summed E-state index contributed by atoms with van der Waals surface area (Å²) in [4.78, 5) is 12.5. The van der Waals surface area contributed by atoms with Crippen LogP contribution >= 0.6 is 12.4 Å². The Labute approximate surface area is 168 Å². The first-order valence-corrected chi connectivity index (χ1v) is 10.4. The van der Waals surface area contributed by atoms with Crippen molar-refractivity contribution in [1.82, 2.24) is 4.31 Å². The van der Waals surface area contributed by atoms with E-state index >= 15 is 0 Å². The molecular formula is C18H30ClN3O4S. The SMILES string of the molecule is CCCC(C)(N)C(=O)Nc1ccc(OC)c(S(=O)(=O)N2CCCCC2)c1.Cl. The van der Waals surface area contributed by atoms with Crippen LogP contribution in [-0.4, -0.2) is 44.4 Å². The summed E-state index contributed by atoms with van der Waals surface area (Å²) in [7, 11) is -2.25. The number of sulfonamides is 1. The molecule has 154 valence electrons. The number of carbonyl (C=O) groups excluding carboxylic acids is 1. The van der Waals surface area contributed by atoms with Gasteiger partial charge in [0.25, 0.3) is 0 Å². The molecule has 7 nitrogen and oxygen atoms in total. The number of hydrogen-bond acceptors (Lipinski definition) is 5. The van der Waals surface area contributed by atoms with Crippen molar-refractivity contribution in [2.75, 3.05) is 25.5 Å². The highest BCUT2D eigenvalue weighted by molar-refractivity contribution is 7.89. The second-order valence-corrected chi connectivity index (χ2v) is 8.86. The summed E-state index contributed by atoms with van der Waals surface area (Å²) >= 11 is 0. The number of rotatable bonds is 7. The molecular weight excluding hydrogens is 390 g/mol. The molecule has 9 heteroatoms. The number of nitrogens with one attached hydrogen (secondary N) is 1. The van der Waals surface area contributed by atoms with Gasteiger partial charge in [-0.1, -0.05) is 19.8 Å². The minimum absolute atomic E-state index is 0. The molecule has 0 spiro atoms. The van der Waals surface area contributed by atoms with E-state index in [1.807, 2.05) is 6.92 Å². The van der Waals surface area contributed by atoms with E-state index in [1.165, 1.54) is 17.5 Å². The van der Waals surface area contributed by atoms with Crippen molar-refractivity contribution in [3.8, 4) is 5.75 Å². The Bertz CT molecular complexity index is 747. The van der Waals surface area contributed by atoms with E-state index in [9.17, 15) is 13.2 Å². The highest BCUT2D eigenvalue weighted by Gasteiger charge is 2.31. The first kappa shape index (κ1) is 23.7. The first-order valence-electron chi connectivity index (χ1n) is 9.01. The molecule has 2 rings (SSSR count). The lowest BCUT2D eigenvalue weighted by Gasteiger charge is -2.27. The number of methoxy groups -OCH3 is 1. The van der Waals surface area contributed by atoms with Gasteiger partial charge in [0.05, 0.1) is 12.6 Å². The van der Waals surface area contributed by atoms with Crippen molar-refractivity contribution in [2.45, 2.75) is 56.4 Å². The molecule has 0 bridgehead atoms. The minimum Gasteiger partial charge on any atom is -0.495 e. The van der Waals surface area contributed by atoms with E-state index in [1.54, 1.807) is 19.1 Å². The molecule has 1 aliphatic rings. The molecule has 0 aliphatic carbocycles. The van der Waals surface area contributed by atoms with Crippen LogP contribution in [0.5, 0.6) is 5.75 Å². The van der Waals surface area contributed by atoms with Crippen LogP contribution in [0, 0.1) is 0 Å². The highest BCUT2D eigenvalue weighted by atomic mass is 35.5. The van der Waals surface area contributed by atoms with Crippen molar-refractivity contribution >= 4 is 34.0 Å². The molecule has 1 aliphatic heterocycles. The predicted molar refractivity (Wildman–Crippen MR) is 109 cm³/mol.